The Labute approximate surface area is 65.0 Å². The highest BCUT2D eigenvalue weighted by Gasteiger charge is 2.16. The van der Waals surface area contributed by atoms with Gasteiger partial charge in [0.25, 0.3) is 0 Å². The van der Waals surface area contributed by atoms with Gasteiger partial charge in [0.1, 0.15) is 6.10 Å². The third-order valence-corrected chi connectivity index (χ3v) is 1.81. The first kappa shape index (κ1) is 8.33. The van der Waals surface area contributed by atoms with Crippen molar-refractivity contribution in [2.75, 3.05) is 0 Å². The SMILES string of the molecule is O=C(O)OOC1CCCCC1. The van der Waals surface area contributed by atoms with Gasteiger partial charge in [0.05, 0.1) is 0 Å². The molecule has 1 aliphatic carbocycles. The molecule has 11 heavy (non-hydrogen) atoms. The highest BCUT2D eigenvalue weighted by molar-refractivity contribution is 5.55. The Morgan fingerprint density at radius 2 is 1.91 bits per heavy atom. The quantitative estimate of drug-likeness (QED) is 0.495. The summed E-state index contributed by atoms with van der Waals surface area (Å²) in [7, 11) is 0. The third-order valence-electron chi connectivity index (χ3n) is 1.81. The average Bonchev–Trinajstić information content (AvgIpc) is 2.03. The summed E-state index contributed by atoms with van der Waals surface area (Å²) in [5.74, 6) is 0. The number of carbonyl (C=O) groups is 1. The molecule has 1 N–H and O–H groups in total. The van der Waals surface area contributed by atoms with E-state index in [9.17, 15) is 4.79 Å². The summed E-state index contributed by atoms with van der Waals surface area (Å²) in [6.07, 6.45) is 3.87. The molecule has 1 saturated carbocycles. The van der Waals surface area contributed by atoms with Crippen LogP contribution >= 0.6 is 0 Å². The fraction of sp³-hybridized carbons (Fsp3) is 0.857. The summed E-state index contributed by atoms with van der Waals surface area (Å²) in [6, 6.07) is 0. The van der Waals surface area contributed by atoms with Gasteiger partial charge in [-0.25, -0.2) is 4.79 Å². The number of rotatable bonds is 2. The van der Waals surface area contributed by atoms with Crippen molar-refractivity contribution in [3.05, 3.63) is 0 Å². The zero-order valence-electron chi connectivity index (χ0n) is 6.28. The largest absolute Gasteiger partial charge is 0.537 e. The van der Waals surface area contributed by atoms with E-state index in [0.717, 1.165) is 25.7 Å². The summed E-state index contributed by atoms with van der Waals surface area (Å²) in [4.78, 5) is 18.5. The Balaban J connectivity index is 2.09. The van der Waals surface area contributed by atoms with Crippen LogP contribution in [0.2, 0.25) is 0 Å². The zero-order valence-corrected chi connectivity index (χ0v) is 6.28. The van der Waals surface area contributed by atoms with E-state index < -0.39 is 6.16 Å². The molecular weight excluding hydrogens is 148 g/mol. The summed E-state index contributed by atoms with van der Waals surface area (Å²) in [5.41, 5.74) is 0. The molecule has 0 aromatic carbocycles. The van der Waals surface area contributed by atoms with Gasteiger partial charge in [-0.15, -0.1) is 0 Å². The zero-order chi connectivity index (χ0) is 8.10. The van der Waals surface area contributed by atoms with Gasteiger partial charge in [0, 0.05) is 0 Å². The predicted molar refractivity (Wildman–Crippen MR) is 37.1 cm³/mol. The monoisotopic (exact) mass is 160 g/mol. The van der Waals surface area contributed by atoms with Crippen LogP contribution in [0, 0.1) is 0 Å². The van der Waals surface area contributed by atoms with Gasteiger partial charge >= 0.3 is 6.16 Å². The van der Waals surface area contributed by atoms with Gasteiger partial charge < -0.3 is 5.11 Å². The lowest BCUT2D eigenvalue weighted by Crippen LogP contribution is -2.18. The van der Waals surface area contributed by atoms with Crippen LogP contribution < -0.4 is 0 Å². The van der Waals surface area contributed by atoms with E-state index in [1.54, 1.807) is 0 Å². The second kappa shape index (κ2) is 4.18. The second-order valence-electron chi connectivity index (χ2n) is 2.71. The van der Waals surface area contributed by atoms with Crippen LogP contribution in [-0.4, -0.2) is 17.4 Å². The van der Waals surface area contributed by atoms with Gasteiger partial charge in [-0.2, -0.15) is 4.89 Å². The highest BCUT2D eigenvalue weighted by atomic mass is 17.2. The van der Waals surface area contributed by atoms with E-state index in [1.165, 1.54) is 6.42 Å². The minimum Gasteiger partial charge on any atom is -0.448 e. The van der Waals surface area contributed by atoms with E-state index in [2.05, 4.69) is 9.78 Å². The van der Waals surface area contributed by atoms with Crippen molar-refractivity contribution in [3.8, 4) is 0 Å². The maximum Gasteiger partial charge on any atom is 0.537 e. The lowest BCUT2D eigenvalue weighted by atomic mass is 9.98. The van der Waals surface area contributed by atoms with E-state index in [4.69, 9.17) is 5.11 Å². The van der Waals surface area contributed by atoms with Crippen LogP contribution in [0.1, 0.15) is 32.1 Å². The van der Waals surface area contributed by atoms with Crippen LogP contribution in [0.25, 0.3) is 0 Å². The van der Waals surface area contributed by atoms with E-state index in [0.29, 0.717) is 0 Å². The fourth-order valence-electron chi connectivity index (χ4n) is 1.27. The average molecular weight is 160 g/mol. The van der Waals surface area contributed by atoms with Crippen LogP contribution in [0.4, 0.5) is 4.79 Å². The van der Waals surface area contributed by atoms with Gasteiger partial charge in [0.15, 0.2) is 0 Å². The molecule has 0 atom stereocenters. The highest BCUT2D eigenvalue weighted by Crippen LogP contribution is 2.20. The second-order valence-corrected chi connectivity index (χ2v) is 2.71. The maximum absolute atomic E-state index is 9.89. The molecule has 0 aliphatic heterocycles. The normalized spacial score (nSPS) is 19.6. The minimum atomic E-state index is -1.37. The maximum atomic E-state index is 9.89. The molecule has 0 radical (unpaired) electrons. The van der Waals surface area contributed by atoms with Gasteiger partial charge in [-0.3, -0.25) is 4.89 Å². The lowest BCUT2D eigenvalue weighted by molar-refractivity contribution is -0.288. The molecule has 0 heterocycles. The summed E-state index contributed by atoms with van der Waals surface area (Å²) in [6.45, 7) is 0. The Kier molecular flexibility index (Phi) is 3.16. The summed E-state index contributed by atoms with van der Waals surface area (Å²) in [5, 5.41) is 8.10. The van der Waals surface area contributed by atoms with Crippen LogP contribution in [-0.2, 0) is 9.78 Å². The van der Waals surface area contributed by atoms with Crippen molar-refractivity contribution in [3.63, 3.8) is 0 Å². The Hall–Kier alpha value is -0.770. The van der Waals surface area contributed by atoms with E-state index in [1.807, 2.05) is 0 Å². The number of hydrogen-bond donors (Lipinski definition) is 1. The molecule has 4 heteroatoms. The fourth-order valence-corrected chi connectivity index (χ4v) is 1.27. The standard InChI is InChI=1S/C7H12O4/c8-7(9)11-10-6-4-2-1-3-5-6/h6H,1-5H2,(H,8,9). The first-order chi connectivity index (χ1) is 5.29. The molecule has 0 aromatic rings. The van der Waals surface area contributed by atoms with Crippen molar-refractivity contribution >= 4 is 6.16 Å². The molecule has 0 unspecified atom stereocenters. The lowest BCUT2D eigenvalue weighted by Gasteiger charge is -2.18. The topological polar surface area (TPSA) is 55.8 Å². The van der Waals surface area contributed by atoms with E-state index in [-0.39, 0.29) is 6.10 Å². The molecule has 4 nitrogen and oxygen atoms in total. The number of hydrogen-bond acceptors (Lipinski definition) is 3. The van der Waals surface area contributed by atoms with Crippen molar-refractivity contribution in [2.24, 2.45) is 0 Å². The molecule has 64 valence electrons. The molecule has 0 saturated heterocycles. The van der Waals surface area contributed by atoms with Crippen molar-refractivity contribution in [1.29, 1.82) is 0 Å². The van der Waals surface area contributed by atoms with Crippen LogP contribution in [0.5, 0.6) is 0 Å². The van der Waals surface area contributed by atoms with Gasteiger partial charge in [0.2, 0.25) is 0 Å². The van der Waals surface area contributed by atoms with Crippen molar-refractivity contribution < 1.29 is 19.7 Å². The van der Waals surface area contributed by atoms with Crippen LogP contribution in [0.3, 0.4) is 0 Å². The first-order valence-electron chi connectivity index (χ1n) is 3.85. The number of carboxylic acid groups (broad SMARTS) is 1. The molecular formula is C7H12O4. The van der Waals surface area contributed by atoms with E-state index >= 15 is 0 Å². The summed E-state index contributed by atoms with van der Waals surface area (Å²) < 4.78 is 0. The Bertz CT molecular complexity index is 128. The molecule has 1 rings (SSSR count). The predicted octanol–water partition coefficient (Wildman–Crippen LogP) is 1.95. The first-order valence-corrected chi connectivity index (χ1v) is 3.85. The minimum absolute atomic E-state index is 0.0140. The van der Waals surface area contributed by atoms with Crippen molar-refractivity contribution in [1.82, 2.24) is 0 Å². The van der Waals surface area contributed by atoms with Crippen molar-refractivity contribution in [2.45, 2.75) is 38.2 Å². The molecule has 1 fully saturated rings. The molecule has 0 amide bonds. The Morgan fingerprint density at radius 3 is 2.45 bits per heavy atom. The van der Waals surface area contributed by atoms with Gasteiger partial charge in [-0.1, -0.05) is 19.3 Å². The van der Waals surface area contributed by atoms with Crippen LogP contribution in [0.15, 0.2) is 0 Å². The smallest absolute Gasteiger partial charge is 0.448 e. The molecule has 0 bridgehead atoms. The van der Waals surface area contributed by atoms with Gasteiger partial charge in [-0.05, 0) is 12.8 Å². The Morgan fingerprint density at radius 1 is 1.27 bits per heavy atom. The summed E-state index contributed by atoms with van der Waals surface area (Å²) >= 11 is 0. The molecule has 0 aromatic heterocycles. The third kappa shape index (κ3) is 3.23. The molecule has 1 aliphatic rings. The molecule has 0 spiro atoms.